The summed E-state index contributed by atoms with van der Waals surface area (Å²) in [6.07, 6.45) is 4.17. The van der Waals surface area contributed by atoms with Crippen LogP contribution in [0, 0.1) is 0 Å². The van der Waals surface area contributed by atoms with Gasteiger partial charge in [-0.2, -0.15) is 0 Å². The van der Waals surface area contributed by atoms with E-state index in [-0.39, 0.29) is 5.97 Å². The number of rotatable bonds is 5. The molecule has 0 saturated heterocycles. The maximum absolute atomic E-state index is 11.9. The monoisotopic (exact) mass is 347 g/mol. The molecule has 138 valence electrons. The molecular weight excluding hydrogens is 318 g/mol. The van der Waals surface area contributed by atoms with Gasteiger partial charge in [0.25, 0.3) is 0 Å². The number of alkyl carbamates (subject to hydrolysis) is 1. The fraction of sp³-hybridized carbons (Fsp3) is 0.500. The smallest absolute Gasteiger partial charge is 0.407 e. The normalized spacial score (nSPS) is 12.1. The van der Waals surface area contributed by atoms with Gasteiger partial charge < -0.3 is 14.8 Å². The Balaban J connectivity index is 2.41. The molecule has 0 aliphatic carbocycles. The number of esters is 1. The average Bonchev–Trinajstić information content (AvgIpc) is 2.43. The van der Waals surface area contributed by atoms with Gasteiger partial charge in [-0.3, -0.25) is 0 Å². The number of ether oxygens (including phenoxy) is 2. The van der Waals surface area contributed by atoms with Crippen molar-refractivity contribution in [1.82, 2.24) is 5.32 Å². The second kappa shape index (κ2) is 8.70. The zero-order valence-corrected chi connectivity index (χ0v) is 16.0. The molecule has 5 heteroatoms. The number of benzene rings is 1. The molecule has 0 aliphatic rings. The molecule has 1 amide bonds. The van der Waals surface area contributed by atoms with Crippen molar-refractivity contribution < 1.29 is 19.1 Å². The molecule has 0 aromatic heterocycles. The lowest BCUT2D eigenvalue weighted by Crippen LogP contribution is -2.32. The average molecular weight is 347 g/mol. The Morgan fingerprint density at radius 1 is 0.960 bits per heavy atom. The van der Waals surface area contributed by atoms with E-state index in [2.05, 4.69) is 5.32 Å². The van der Waals surface area contributed by atoms with Gasteiger partial charge in [-0.05, 0) is 65.7 Å². The number of nitrogens with one attached hydrogen (secondary N) is 1. The van der Waals surface area contributed by atoms with Crippen molar-refractivity contribution in [2.24, 2.45) is 0 Å². The minimum absolute atomic E-state index is 0.329. The van der Waals surface area contributed by atoms with Crippen molar-refractivity contribution in [3.8, 4) is 0 Å². The third kappa shape index (κ3) is 9.55. The molecule has 0 bridgehead atoms. The van der Waals surface area contributed by atoms with E-state index >= 15 is 0 Å². The van der Waals surface area contributed by atoms with Crippen LogP contribution in [0.4, 0.5) is 4.79 Å². The highest BCUT2D eigenvalue weighted by Gasteiger charge is 2.17. The first-order valence-corrected chi connectivity index (χ1v) is 8.43. The van der Waals surface area contributed by atoms with Crippen molar-refractivity contribution in [3.05, 3.63) is 41.5 Å². The summed E-state index contributed by atoms with van der Waals surface area (Å²) in [4.78, 5) is 23.4. The molecule has 1 N–H and O–H groups in total. The summed E-state index contributed by atoms with van der Waals surface area (Å²) in [7, 11) is 0. The van der Waals surface area contributed by atoms with Crippen LogP contribution in [0.25, 0.3) is 6.08 Å². The molecule has 0 unspecified atom stereocenters. The maximum atomic E-state index is 11.9. The summed E-state index contributed by atoms with van der Waals surface area (Å²) in [5.74, 6) is -0.329. The Hall–Kier alpha value is -2.30. The van der Waals surface area contributed by atoms with Crippen molar-refractivity contribution in [2.45, 2.75) is 59.2 Å². The fourth-order valence-corrected chi connectivity index (χ4v) is 1.86. The Morgan fingerprint density at radius 2 is 1.52 bits per heavy atom. The van der Waals surface area contributed by atoms with E-state index in [1.807, 2.05) is 65.8 Å². The minimum atomic E-state index is -0.503. The van der Waals surface area contributed by atoms with Gasteiger partial charge in [-0.25, -0.2) is 9.59 Å². The van der Waals surface area contributed by atoms with Gasteiger partial charge in [0.05, 0.1) is 5.56 Å². The van der Waals surface area contributed by atoms with Crippen LogP contribution in [-0.4, -0.2) is 29.8 Å². The molecule has 0 fully saturated rings. The second-order valence-corrected chi connectivity index (χ2v) is 7.74. The van der Waals surface area contributed by atoms with Gasteiger partial charge >= 0.3 is 12.1 Å². The first-order chi connectivity index (χ1) is 11.5. The van der Waals surface area contributed by atoms with Crippen LogP contribution >= 0.6 is 0 Å². The molecule has 1 rings (SSSR count). The first kappa shape index (κ1) is 20.7. The van der Waals surface area contributed by atoms with Crippen LogP contribution in [0.1, 0.15) is 63.9 Å². The van der Waals surface area contributed by atoms with E-state index in [0.717, 1.165) is 5.56 Å². The van der Waals surface area contributed by atoms with Gasteiger partial charge in [0.1, 0.15) is 11.2 Å². The second-order valence-electron chi connectivity index (χ2n) is 7.74. The minimum Gasteiger partial charge on any atom is -0.456 e. The van der Waals surface area contributed by atoms with Crippen molar-refractivity contribution in [2.75, 3.05) is 6.54 Å². The Bertz CT molecular complexity index is 604. The van der Waals surface area contributed by atoms with E-state index in [1.54, 1.807) is 12.1 Å². The predicted molar refractivity (Wildman–Crippen MR) is 99.5 cm³/mol. The van der Waals surface area contributed by atoms with Gasteiger partial charge in [0, 0.05) is 6.54 Å². The lowest BCUT2D eigenvalue weighted by Gasteiger charge is -2.19. The number of amides is 1. The molecule has 5 nitrogen and oxygen atoms in total. The fourth-order valence-electron chi connectivity index (χ4n) is 1.86. The lowest BCUT2D eigenvalue weighted by atomic mass is 10.1. The number of carbonyl (C=O) groups excluding carboxylic acids is 2. The van der Waals surface area contributed by atoms with Crippen LogP contribution < -0.4 is 5.32 Å². The number of hydrogen-bond donors (Lipinski definition) is 1. The van der Waals surface area contributed by atoms with Crippen LogP contribution in [0.3, 0.4) is 0 Å². The molecule has 1 aromatic rings. The zero-order valence-electron chi connectivity index (χ0n) is 16.0. The van der Waals surface area contributed by atoms with Crippen LogP contribution in [0.5, 0.6) is 0 Å². The molecule has 0 radical (unpaired) electrons. The van der Waals surface area contributed by atoms with Crippen LogP contribution in [-0.2, 0) is 9.47 Å². The highest BCUT2D eigenvalue weighted by atomic mass is 16.6. The highest BCUT2D eigenvalue weighted by Crippen LogP contribution is 2.13. The van der Waals surface area contributed by atoms with Crippen molar-refractivity contribution in [3.63, 3.8) is 0 Å². The summed E-state index contributed by atoms with van der Waals surface area (Å²) < 4.78 is 10.5. The Kier molecular flexibility index (Phi) is 7.22. The van der Waals surface area contributed by atoms with E-state index < -0.39 is 17.3 Å². The quantitative estimate of drug-likeness (QED) is 0.626. The molecule has 0 spiro atoms. The molecule has 0 heterocycles. The third-order valence-corrected chi connectivity index (χ3v) is 2.83. The highest BCUT2D eigenvalue weighted by molar-refractivity contribution is 5.89. The standard InChI is InChI=1S/C20H29NO4/c1-19(2,3)24-17(22)16-12-10-15(11-13-16)9-7-8-14-21-18(23)25-20(4,5)6/h7,9-13H,8,14H2,1-6H3,(H,21,23). The first-order valence-electron chi connectivity index (χ1n) is 8.43. The largest absolute Gasteiger partial charge is 0.456 e. The SMILES string of the molecule is CC(C)(C)OC(=O)NCCC=Cc1ccc(C(=O)OC(C)(C)C)cc1. The summed E-state index contributed by atoms with van der Waals surface area (Å²) in [5, 5.41) is 2.70. The summed E-state index contributed by atoms with van der Waals surface area (Å²) in [5.41, 5.74) is 0.510. The van der Waals surface area contributed by atoms with Gasteiger partial charge in [-0.15, -0.1) is 0 Å². The molecule has 1 aromatic carbocycles. The third-order valence-electron chi connectivity index (χ3n) is 2.83. The Labute approximate surface area is 150 Å². The molecular formula is C20H29NO4. The van der Waals surface area contributed by atoms with E-state index in [0.29, 0.717) is 18.5 Å². The van der Waals surface area contributed by atoms with Gasteiger partial charge in [0.15, 0.2) is 0 Å². The van der Waals surface area contributed by atoms with Gasteiger partial charge in [0.2, 0.25) is 0 Å². The van der Waals surface area contributed by atoms with Gasteiger partial charge in [-0.1, -0.05) is 24.3 Å². The van der Waals surface area contributed by atoms with E-state index in [4.69, 9.17) is 9.47 Å². The maximum Gasteiger partial charge on any atom is 0.407 e. The topological polar surface area (TPSA) is 64.6 Å². The van der Waals surface area contributed by atoms with E-state index in [9.17, 15) is 9.59 Å². The van der Waals surface area contributed by atoms with Crippen LogP contribution in [0.15, 0.2) is 30.3 Å². The van der Waals surface area contributed by atoms with Crippen molar-refractivity contribution >= 4 is 18.1 Å². The molecule has 0 saturated carbocycles. The zero-order chi connectivity index (χ0) is 19.1. The van der Waals surface area contributed by atoms with E-state index in [1.165, 1.54) is 0 Å². The lowest BCUT2D eigenvalue weighted by molar-refractivity contribution is 0.00692. The van der Waals surface area contributed by atoms with Crippen LogP contribution in [0.2, 0.25) is 0 Å². The predicted octanol–water partition coefficient (Wildman–Crippen LogP) is 4.57. The number of hydrogen-bond acceptors (Lipinski definition) is 4. The molecule has 0 atom stereocenters. The number of carbonyl (C=O) groups is 2. The molecule has 0 aliphatic heterocycles. The molecule has 25 heavy (non-hydrogen) atoms. The summed E-state index contributed by atoms with van der Waals surface area (Å²) >= 11 is 0. The van der Waals surface area contributed by atoms with Crippen molar-refractivity contribution in [1.29, 1.82) is 0 Å². The Morgan fingerprint density at radius 3 is 2.04 bits per heavy atom. The summed E-state index contributed by atoms with van der Waals surface area (Å²) in [6, 6.07) is 7.20. The summed E-state index contributed by atoms with van der Waals surface area (Å²) in [6.45, 7) is 11.5.